The van der Waals surface area contributed by atoms with Gasteiger partial charge in [-0.3, -0.25) is 9.59 Å². The summed E-state index contributed by atoms with van der Waals surface area (Å²) in [4.78, 5) is 26.3. The van der Waals surface area contributed by atoms with Gasteiger partial charge in [0.1, 0.15) is 12.3 Å². The zero-order valence-electron chi connectivity index (χ0n) is 14.3. The lowest BCUT2D eigenvalue weighted by Gasteiger charge is -2.12. The van der Waals surface area contributed by atoms with Gasteiger partial charge in [0.05, 0.1) is 12.8 Å². The number of hydrogen-bond acceptors (Lipinski definition) is 3. The van der Waals surface area contributed by atoms with E-state index in [0.29, 0.717) is 35.6 Å². The summed E-state index contributed by atoms with van der Waals surface area (Å²) in [6.45, 7) is 5.13. The van der Waals surface area contributed by atoms with Crippen LogP contribution in [0.4, 0.5) is 0 Å². The molecule has 2 aromatic heterocycles. The maximum Gasteiger partial charge on any atom is 0.254 e. The molecule has 0 aliphatic heterocycles. The van der Waals surface area contributed by atoms with Crippen LogP contribution in [-0.4, -0.2) is 16.1 Å². The van der Waals surface area contributed by atoms with Crippen molar-refractivity contribution in [3.8, 4) is 0 Å². The molecule has 126 valence electrons. The van der Waals surface area contributed by atoms with E-state index in [2.05, 4.69) is 6.92 Å². The number of ketones is 2. The third-order valence-electron chi connectivity index (χ3n) is 4.73. The minimum atomic E-state index is -0.102. The van der Waals surface area contributed by atoms with E-state index in [-0.39, 0.29) is 11.6 Å². The SMILES string of the molecule is CCCn1c2c([n+](Cc3ccco3)c1C)C(=O)c1ccccc1C2=O. The van der Waals surface area contributed by atoms with Crippen LogP contribution < -0.4 is 4.57 Å². The summed E-state index contributed by atoms with van der Waals surface area (Å²) in [6, 6.07) is 10.7. The van der Waals surface area contributed by atoms with E-state index in [1.165, 1.54) is 0 Å². The first-order valence-corrected chi connectivity index (χ1v) is 8.47. The van der Waals surface area contributed by atoms with Gasteiger partial charge in [-0.1, -0.05) is 31.2 Å². The zero-order chi connectivity index (χ0) is 17.6. The second-order valence-electron chi connectivity index (χ2n) is 6.27. The van der Waals surface area contributed by atoms with E-state index >= 15 is 0 Å². The van der Waals surface area contributed by atoms with Crippen molar-refractivity contribution in [2.45, 2.75) is 33.4 Å². The number of rotatable bonds is 4. The first kappa shape index (κ1) is 15.6. The molecule has 0 N–H and O–H groups in total. The van der Waals surface area contributed by atoms with Crippen LogP contribution in [0.2, 0.25) is 0 Å². The molecule has 2 heterocycles. The lowest BCUT2D eigenvalue weighted by molar-refractivity contribution is -0.697. The average molecular weight is 335 g/mol. The van der Waals surface area contributed by atoms with Crippen molar-refractivity contribution in [2.75, 3.05) is 0 Å². The molecule has 5 heteroatoms. The third-order valence-corrected chi connectivity index (χ3v) is 4.73. The van der Waals surface area contributed by atoms with Crippen LogP contribution in [0, 0.1) is 6.92 Å². The first-order chi connectivity index (χ1) is 12.1. The van der Waals surface area contributed by atoms with Crippen LogP contribution in [0.15, 0.2) is 47.1 Å². The number of aromatic nitrogens is 2. The van der Waals surface area contributed by atoms with Gasteiger partial charge in [0.15, 0.2) is 0 Å². The topological polar surface area (TPSA) is 56.1 Å². The molecule has 25 heavy (non-hydrogen) atoms. The lowest BCUT2D eigenvalue weighted by Crippen LogP contribution is -2.43. The monoisotopic (exact) mass is 335 g/mol. The van der Waals surface area contributed by atoms with Crippen LogP contribution in [-0.2, 0) is 13.1 Å². The highest BCUT2D eigenvalue weighted by molar-refractivity contribution is 6.26. The molecule has 0 saturated carbocycles. The molecular formula is C20H19N2O3+. The summed E-state index contributed by atoms with van der Waals surface area (Å²) in [5, 5.41) is 0. The Morgan fingerprint density at radius 3 is 2.40 bits per heavy atom. The Bertz CT molecular complexity index is 981. The van der Waals surface area contributed by atoms with Crippen molar-refractivity contribution in [3.05, 3.63) is 76.8 Å². The quantitative estimate of drug-likeness (QED) is 0.539. The van der Waals surface area contributed by atoms with Crippen LogP contribution in [0.5, 0.6) is 0 Å². The summed E-state index contributed by atoms with van der Waals surface area (Å²) in [7, 11) is 0. The highest BCUT2D eigenvalue weighted by Crippen LogP contribution is 2.27. The average Bonchev–Trinajstić information content (AvgIpc) is 3.22. The Morgan fingerprint density at radius 1 is 1.04 bits per heavy atom. The Labute approximate surface area is 145 Å². The second kappa shape index (κ2) is 5.84. The molecule has 0 atom stereocenters. The van der Waals surface area contributed by atoms with E-state index in [9.17, 15) is 9.59 Å². The molecule has 0 spiro atoms. The Balaban J connectivity index is 1.96. The van der Waals surface area contributed by atoms with E-state index in [1.54, 1.807) is 30.5 Å². The molecule has 0 bridgehead atoms. The predicted molar refractivity (Wildman–Crippen MR) is 90.8 cm³/mol. The van der Waals surface area contributed by atoms with Crippen molar-refractivity contribution in [1.29, 1.82) is 0 Å². The molecule has 1 aliphatic carbocycles. The fourth-order valence-corrected chi connectivity index (χ4v) is 3.57. The zero-order valence-corrected chi connectivity index (χ0v) is 14.3. The van der Waals surface area contributed by atoms with Gasteiger partial charge in [0.2, 0.25) is 23.0 Å². The van der Waals surface area contributed by atoms with Gasteiger partial charge >= 0.3 is 0 Å². The van der Waals surface area contributed by atoms with Crippen molar-refractivity contribution in [3.63, 3.8) is 0 Å². The van der Waals surface area contributed by atoms with Crippen molar-refractivity contribution in [2.24, 2.45) is 0 Å². The van der Waals surface area contributed by atoms with Gasteiger partial charge in [0, 0.05) is 18.1 Å². The fraction of sp³-hybridized carbons (Fsp3) is 0.250. The number of furan rings is 1. The largest absolute Gasteiger partial charge is 0.465 e. The number of carbonyl (C=O) groups is 2. The van der Waals surface area contributed by atoms with E-state index in [4.69, 9.17) is 4.42 Å². The first-order valence-electron chi connectivity index (χ1n) is 8.47. The lowest BCUT2D eigenvalue weighted by atomic mass is 9.90. The molecule has 0 amide bonds. The molecule has 3 aromatic rings. The molecule has 0 radical (unpaired) electrons. The highest BCUT2D eigenvalue weighted by Gasteiger charge is 2.42. The number of carbonyl (C=O) groups excluding carboxylic acids is 2. The smallest absolute Gasteiger partial charge is 0.254 e. The molecule has 1 aliphatic rings. The number of nitrogens with zero attached hydrogens (tertiary/aromatic N) is 2. The van der Waals surface area contributed by atoms with E-state index < -0.39 is 0 Å². The Kier molecular flexibility index (Phi) is 3.64. The summed E-state index contributed by atoms with van der Waals surface area (Å²) in [5.41, 5.74) is 1.92. The number of imidazole rings is 1. The summed E-state index contributed by atoms with van der Waals surface area (Å²) in [5.74, 6) is 1.45. The minimum absolute atomic E-state index is 0.0834. The van der Waals surface area contributed by atoms with Crippen LogP contribution in [0.25, 0.3) is 0 Å². The minimum Gasteiger partial charge on any atom is -0.465 e. The maximum atomic E-state index is 13.2. The van der Waals surface area contributed by atoms with Gasteiger partial charge in [-0.2, -0.15) is 0 Å². The number of fused-ring (bicyclic) bond motifs is 2. The Morgan fingerprint density at radius 2 is 1.76 bits per heavy atom. The molecule has 0 fully saturated rings. The van der Waals surface area contributed by atoms with Gasteiger partial charge < -0.3 is 4.42 Å². The van der Waals surface area contributed by atoms with Gasteiger partial charge in [-0.05, 0) is 18.6 Å². The van der Waals surface area contributed by atoms with Crippen molar-refractivity contribution >= 4 is 11.6 Å². The predicted octanol–water partition coefficient (Wildman–Crippen LogP) is 2.91. The standard InChI is InChI=1S/C20H19N2O3/c1-3-10-21-13(2)22(12-14-7-6-11-25-14)18-17(21)19(23)15-8-4-5-9-16(15)20(18)24/h4-9,11H,3,10,12H2,1-2H3/q+1. The summed E-state index contributed by atoms with van der Waals surface area (Å²) >= 11 is 0. The van der Waals surface area contributed by atoms with Gasteiger partial charge in [-0.25, -0.2) is 9.13 Å². The molecule has 0 saturated heterocycles. The van der Waals surface area contributed by atoms with Crippen LogP contribution in [0.3, 0.4) is 0 Å². The summed E-state index contributed by atoms with van der Waals surface area (Å²) < 4.78 is 9.33. The molecule has 5 nitrogen and oxygen atoms in total. The van der Waals surface area contributed by atoms with Gasteiger partial charge in [0.25, 0.3) is 5.82 Å². The summed E-state index contributed by atoms with van der Waals surface area (Å²) in [6.07, 6.45) is 2.49. The normalized spacial score (nSPS) is 13.0. The van der Waals surface area contributed by atoms with Crippen LogP contribution >= 0.6 is 0 Å². The third kappa shape index (κ3) is 2.27. The highest BCUT2D eigenvalue weighted by atomic mass is 16.3. The van der Waals surface area contributed by atoms with Crippen LogP contribution in [0.1, 0.15) is 57.0 Å². The number of benzene rings is 1. The van der Waals surface area contributed by atoms with Crippen molar-refractivity contribution in [1.82, 2.24) is 4.57 Å². The van der Waals surface area contributed by atoms with Gasteiger partial charge in [-0.15, -0.1) is 0 Å². The molecule has 1 aromatic carbocycles. The van der Waals surface area contributed by atoms with Crippen molar-refractivity contribution < 1.29 is 18.6 Å². The number of hydrogen-bond donors (Lipinski definition) is 0. The Hall–Kier alpha value is -2.95. The fourth-order valence-electron chi connectivity index (χ4n) is 3.57. The second-order valence-corrected chi connectivity index (χ2v) is 6.27. The van der Waals surface area contributed by atoms with E-state index in [1.807, 2.05) is 28.2 Å². The molecular weight excluding hydrogens is 316 g/mol. The molecule has 4 rings (SSSR count). The maximum absolute atomic E-state index is 13.2. The molecule has 0 unspecified atom stereocenters. The van der Waals surface area contributed by atoms with E-state index in [0.717, 1.165) is 18.0 Å².